The van der Waals surface area contributed by atoms with E-state index in [1.54, 1.807) is 19.9 Å². The van der Waals surface area contributed by atoms with Gasteiger partial charge in [-0.25, -0.2) is 4.79 Å². The number of carbonyl (C=O) groups is 2. The summed E-state index contributed by atoms with van der Waals surface area (Å²) in [6, 6.07) is 22.0. The molecule has 0 atom stereocenters. The lowest BCUT2D eigenvalue weighted by atomic mass is 9.88. The summed E-state index contributed by atoms with van der Waals surface area (Å²) in [6.45, 7) is 3.61. The number of hydrogen-bond acceptors (Lipinski definition) is 4. The molecule has 0 saturated carbocycles. The molecule has 1 N–H and O–H groups in total. The van der Waals surface area contributed by atoms with Crippen LogP contribution in [0.15, 0.2) is 71.1 Å². The third-order valence-corrected chi connectivity index (χ3v) is 4.75. The van der Waals surface area contributed by atoms with Crippen LogP contribution in [0.5, 0.6) is 0 Å². The van der Waals surface area contributed by atoms with Crippen molar-refractivity contribution in [2.75, 3.05) is 13.2 Å². The maximum absolute atomic E-state index is 12.1. The zero-order valence-electron chi connectivity index (χ0n) is 16.7. The molecule has 0 fully saturated rings. The van der Waals surface area contributed by atoms with Crippen LogP contribution in [-0.2, 0) is 9.53 Å². The molecule has 5 nitrogen and oxygen atoms in total. The first kappa shape index (κ1) is 20.4. The minimum atomic E-state index is -0.555. The van der Waals surface area contributed by atoms with Crippen LogP contribution in [0.1, 0.15) is 45.3 Å². The first-order valence-corrected chi connectivity index (χ1v) is 9.65. The Hall–Kier alpha value is -3.34. The molecular formula is C24H25NO4. The van der Waals surface area contributed by atoms with Crippen molar-refractivity contribution < 1.29 is 18.7 Å². The predicted molar refractivity (Wildman–Crippen MR) is 111 cm³/mol. The van der Waals surface area contributed by atoms with Crippen LogP contribution < -0.4 is 5.32 Å². The number of hydrogen-bond donors (Lipinski definition) is 1. The molecule has 1 heterocycles. The van der Waals surface area contributed by atoms with E-state index < -0.39 is 5.97 Å². The summed E-state index contributed by atoms with van der Waals surface area (Å²) in [4.78, 5) is 24.2. The van der Waals surface area contributed by atoms with Gasteiger partial charge in [0.1, 0.15) is 17.1 Å². The van der Waals surface area contributed by atoms with Gasteiger partial charge in [0.2, 0.25) is 0 Å². The largest absolute Gasteiger partial charge is 0.466 e. The molecule has 0 radical (unpaired) electrons. The number of carbonyl (C=O) groups excluding carboxylic acids is 2. The van der Waals surface area contributed by atoms with E-state index in [9.17, 15) is 9.59 Å². The minimum Gasteiger partial charge on any atom is -0.466 e. The minimum absolute atomic E-state index is 0.178. The van der Waals surface area contributed by atoms with Crippen molar-refractivity contribution in [2.24, 2.45) is 0 Å². The van der Waals surface area contributed by atoms with Crippen molar-refractivity contribution in [3.63, 3.8) is 0 Å². The second-order valence-electron chi connectivity index (χ2n) is 6.92. The molecule has 2 aromatic carbocycles. The van der Waals surface area contributed by atoms with E-state index >= 15 is 0 Å². The SMILES string of the molecule is Cc1cc(C(=O)OCC(=O)NCCC(c2ccccc2)c2ccccc2)c(C)o1. The van der Waals surface area contributed by atoms with E-state index in [-0.39, 0.29) is 18.4 Å². The molecule has 0 spiro atoms. The van der Waals surface area contributed by atoms with Crippen molar-refractivity contribution in [3.05, 3.63) is 94.9 Å². The van der Waals surface area contributed by atoms with E-state index in [1.165, 1.54) is 11.1 Å². The van der Waals surface area contributed by atoms with Crippen molar-refractivity contribution in [1.29, 1.82) is 0 Å². The Labute approximate surface area is 170 Å². The lowest BCUT2D eigenvalue weighted by Crippen LogP contribution is -2.30. The van der Waals surface area contributed by atoms with Gasteiger partial charge in [-0.05, 0) is 37.5 Å². The summed E-state index contributed by atoms with van der Waals surface area (Å²) in [6.07, 6.45) is 0.744. The number of furan rings is 1. The molecule has 1 aromatic heterocycles. The average molecular weight is 391 g/mol. The zero-order valence-corrected chi connectivity index (χ0v) is 16.7. The normalized spacial score (nSPS) is 10.7. The van der Waals surface area contributed by atoms with Crippen LogP contribution in [0.3, 0.4) is 0 Å². The smallest absolute Gasteiger partial charge is 0.342 e. The fourth-order valence-corrected chi connectivity index (χ4v) is 3.35. The topological polar surface area (TPSA) is 68.5 Å². The molecule has 1 amide bonds. The predicted octanol–water partition coefficient (Wildman–Crippen LogP) is 4.39. The Morgan fingerprint density at radius 1 is 0.966 bits per heavy atom. The Kier molecular flexibility index (Phi) is 6.85. The Balaban J connectivity index is 1.52. The molecule has 3 aromatic rings. The number of ether oxygens (including phenoxy) is 1. The van der Waals surface area contributed by atoms with Gasteiger partial charge < -0.3 is 14.5 Å². The second kappa shape index (κ2) is 9.73. The maximum atomic E-state index is 12.1. The molecule has 0 unspecified atom stereocenters. The van der Waals surface area contributed by atoms with E-state index in [0.717, 1.165) is 6.42 Å². The van der Waals surface area contributed by atoms with Crippen LogP contribution in [-0.4, -0.2) is 25.0 Å². The van der Waals surface area contributed by atoms with Gasteiger partial charge in [-0.1, -0.05) is 60.7 Å². The van der Waals surface area contributed by atoms with Crippen molar-refractivity contribution in [3.8, 4) is 0 Å². The van der Waals surface area contributed by atoms with Crippen molar-refractivity contribution in [1.82, 2.24) is 5.32 Å². The lowest BCUT2D eigenvalue weighted by molar-refractivity contribution is -0.124. The molecular weight excluding hydrogens is 366 g/mol. The van der Waals surface area contributed by atoms with Crippen LogP contribution >= 0.6 is 0 Å². The summed E-state index contributed by atoms with van der Waals surface area (Å²) in [5.74, 6) is 0.419. The first-order valence-electron chi connectivity index (χ1n) is 9.65. The summed E-state index contributed by atoms with van der Waals surface area (Å²) < 4.78 is 10.4. The van der Waals surface area contributed by atoms with Crippen LogP contribution in [0.4, 0.5) is 0 Å². The molecule has 0 aliphatic carbocycles. The molecule has 0 bridgehead atoms. The molecule has 3 rings (SSSR count). The Morgan fingerprint density at radius 2 is 1.55 bits per heavy atom. The van der Waals surface area contributed by atoms with Crippen LogP contribution in [0.2, 0.25) is 0 Å². The van der Waals surface area contributed by atoms with Gasteiger partial charge in [0.05, 0.1) is 0 Å². The van der Waals surface area contributed by atoms with Crippen LogP contribution in [0, 0.1) is 13.8 Å². The van der Waals surface area contributed by atoms with E-state index in [0.29, 0.717) is 23.6 Å². The van der Waals surface area contributed by atoms with Gasteiger partial charge in [-0.15, -0.1) is 0 Å². The van der Waals surface area contributed by atoms with E-state index in [4.69, 9.17) is 9.15 Å². The summed E-state index contributed by atoms with van der Waals surface area (Å²) in [7, 11) is 0. The molecule has 5 heteroatoms. The number of benzene rings is 2. The lowest BCUT2D eigenvalue weighted by Gasteiger charge is -2.18. The number of aryl methyl sites for hydroxylation is 2. The van der Waals surface area contributed by atoms with E-state index in [2.05, 4.69) is 29.6 Å². The van der Waals surface area contributed by atoms with Crippen molar-refractivity contribution in [2.45, 2.75) is 26.2 Å². The van der Waals surface area contributed by atoms with E-state index in [1.807, 2.05) is 36.4 Å². The first-order chi connectivity index (χ1) is 14.0. The molecule has 0 aliphatic rings. The summed E-state index contributed by atoms with van der Waals surface area (Å²) >= 11 is 0. The standard InChI is InChI=1S/C24H25NO4/c1-17-15-22(18(2)29-17)24(27)28-16-23(26)25-14-13-21(19-9-5-3-6-10-19)20-11-7-4-8-12-20/h3-12,15,21H,13-14,16H2,1-2H3,(H,25,26). The quantitative estimate of drug-likeness (QED) is 0.578. The highest BCUT2D eigenvalue weighted by Gasteiger charge is 2.17. The number of amides is 1. The van der Waals surface area contributed by atoms with Gasteiger partial charge in [-0.2, -0.15) is 0 Å². The maximum Gasteiger partial charge on any atom is 0.342 e. The highest BCUT2D eigenvalue weighted by Crippen LogP contribution is 2.27. The van der Waals surface area contributed by atoms with Gasteiger partial charge >= 0.3 is 5.97 Å². The molecule has 150 valence electrons. The fourth-order valence-electron chi connectivity index (χ4n) is 3.35. The fraction of sp³-hybridized carbons (Fsp3) is 0.250. The van der Waals surface area contributed by atoms with Crippen LogP contribution in [0.25, 0.3) is 0 Å². The van der Waals surface area contributed by atoms with Gasteiger partial charge in [0.15, 0.2) is 6.61 Å². The van der Waals surface area contributed by atoms with Crippen molar-refractivity contribution >= 4 is 11.9 Å². The second-order valence-corrected chi connectivity index (χ2v) is 6.92. The molecule has 0 aliphatic heterocycles. The third kappa shape index (κ3) is 5.57. The highest BCUT2D eigenvalue weighted by atomic mass is 16.5. The molecule has 29 heavy (non-hydrogen) atoms. The van der Waals surface area contributed by atoms with Gasteiger partial charge in [-0.3, -0.25) is 4.79 Å². The number of esters is 1. The zero-order chi connectivity index (χ0) is 20.6. The third-order valence-electron chi connectivity index (χ3n) is 4.75. The number of nitrogens with one attached hydrogen (secondary N) is 1. The Morgan fingerprint density at radius 3 is 2.07 bits per heavy atom. The summed E-state index contributed by atoms with van der Waals surface area (Å²) in [5.41, 5.74) is 2.75. The Bertz CT molecular complexity index is 908. The average Bonchev–Trinajstić information content (AvgIpc) is 3.08. The molecule has 0 saturated heterocycles. The van der Waals surface area contributed by atoms with Gasteiger partial charge in [0, 0.05) is 12.5 Å². The number of rotatable bonds is 8. The highest BCUT2D eigenvalue weighted by molar-refractivity contribution is 5.92. The van der Waals surface area contributed by atoms with Gasteiger partial charge in [0.25, 0.3) is 5.91 Å². The monoisotopic (exact) mass is 391 g/mol. The summed E-state index contributed by atoms with van der Waals surface area (Å²) in [5, 5.41) is 2.84.